The number of amides is 3. The van der Waals surface area contributed by atoms with Crippen LogP contribution in [0.4, 0.5) is 10.5 Å². The number of aromatic hydroxyl groups is 2. The lowest BCUT2D eigenvalue weighted by atomic mass is 10.1. The van der Waals surface area contributed by atoms with Crippen molar-refractivity contribution in [3.05, 3.63) is 47.5 Å². The van der Waals surface area contributed by atoms with Crippen molar-refractivity contribution >= 4 is 23.6 Å². The third kappa shape index (κ3) is 5.11. The van der Waals surface area contributed by atoms with Crippen molar-refractivity contribution in [1.29, 1.82) is 0 Å². The SMILES string of the molecule is COc1ccc(NC(=O)NC(=O)COC(=O)c2ccc(C)c(O)c2O)cc1. The second kappa shape index (κ2) is 8.56. The average Bonchev–Trinajstić information content (AvgIpc) is 2.65. The number of ether oxygens (including phenoxy) is 2. The van der Waals surface area contributed by atoms with Gasteiger partial charge in [0.1, 0.15) is 11.3 Å². The van der Waals surface area contributed by atoms with Gasteiger partial charge in [0.2, 0.25) is 0 Å². The summed E-state index contributed by atoms with van der Waals surface area (Å²) in [6, 6.07) is 8.27. The number of aryl methyl sites for hydroxylation is 1. The van der Waals surface area contributed by atoms with Gasteiger partial charge in [0.05, 0.1) is 7.11 Å². The monoisotopic (exact) mass is 374 g/mol. The number of anilines is 1. The summed E-state index contributed by atoms with van der Waals surface area (Å²) in [6.45, 7) is 0.794. The van der Waals surface area contributed by atoms with Crippen LogP contribution >= 0.6 is 0 Å². The van der Waals surface area contributed by atoms with Crippen molar-refractivity contribution in [3.8, 4) is 17.2 Å². The second-order valence-electron chi connectivity index (χ2n) is 5.43. The molecule has 142 valence electrons. The summed E-state index contributed by atoms with van der Waals surface area (Å²) >= 11 is 0. The van der Waals surface area contributed by atoms with E-state index in [2.05, 4.69) is 5.32 Å². The lowest BCUT2D eigenvalue weighted by Gasteiger charge is -2.09. The Balaban J connectivity index is 1.85. The highest BCUT2D eigenvalue weighted by Crippen LogP contribution is 2.32. The van der Waals surface area contributed by atoms with Crippen LogP contribution in [0.3, 0.4) is 0 Å². The van der Waals surface area contributed by atoms with Crippen molar-refractivity contribution < 1.29 is 34.1 Å². The van der Waals surface area contributed by atoms with E-state index in [9.17, 15) is 24.6 Å². The summed E-state index contributed by atoms with van der Waals surface area (Å²) in [4.78, 5) is 35.3. The molecule has 9 heteroatoms. The van der Waals surface area contributed by atoms with Gasteiger partial charge in [-0.25, -0.2) is 9.59 Å². The van der Waals surface area contributed by atoms with Gasteiger partial charge < -0.3 is 25.0 Å². The van der Waals surface area contributed by atoms with Crippen molar-refractivity contribution in [3.63, 3.8) is 0 Å². The number of phenols is 2. The number of carbonyl (C=O) groups excluding carboxylic acids is 3. The molecule has 4 N–H and O–H groups in total. The van der Waals surface area contributed by atoms with Gasteiger partial charge in [-0.2, -0.15) is 0 Å². The summed E-state index contributed by atoms with van der Waals surface area (Å²) < 4.78 is 9.72. The maximum atomic E-state index is 11.9. The van der Waals surface area contributed by atoms with Crippen LogP contribution in [-0.4, -0.2) is 41.8 Å². The highest BCUT2D eigenvalue weighted by Gasteiger charge is 2.18. The maximum Gasteiger partial charge on any atom is 0.342 e. The molecule has 2 rings (SSSR count). The van der Waals surface area contributed by atoms with Crippen LogP contribution in [-0.2, 0) is 9.53 Å². The summed E-state index contributed by atoms with van der Waals surface area (Å²) in [5, 5.41) is 23.8. The molecule has 0 bridgehead atoms. The van der Waals surface area contributed by atoms with E-state index in [0.29, 0.717) is 17.0 Å². The van der Waals surface area contributed by atoms with Crippen LogP contribution in [0.25, 0.3) is 0 Å². The van der Waals surface area contributed by atoms with E-state index in [4.69, 9.17) is 9.47 Å². The molecule has 0 saturated carbocycles. The summed E-state index contributed by atoms with van der Waals surface area (Å²) in [7, 11) is 1.51. The Kier molecular flexibility index (Phi) is 6.21. The summed E-state index contributed by atoms with van der Waals surface area (Å²) in [6.07, 6.45) is 0. The van der Waals surface area contributed by atoms with E-state index >= 15 is 0 Å². The number of carbonyl (C=O) groups is 3. The minimum Gasteiger partial charge on any atom is -0.504 e. The molecule has 0 heterocycles. The molecule has 27 heavy (non-hydrogen) atoms. The summed E-state index contributed by atoms with van der Waals surface area (Å²) in [5.41, 5.74) is 0.503. The molecule has 0 aliphatic carbocycles. The van der Waals surface area contributed by atoms with E-state index in [-0.39, 0.29) is 5.56 Å². The number of urea groups is 1. The number of esters is 1. The largest absolute Gasteiger partial charge is 0.504 e. The molecule has 0 spiro atoms. The smallest absolute Gasteiger partial charge is 0.342 e. The van der Waals surface area contributed by atoms with Crippen molar-refractivity contribution in [2.24, 2.45) is 0 Å². The minimum atomic E-state index is -1.02. The number of benzene rings is 2. The van der Waals surface area contributed by atoms with Gasteiger partial charge in [0, 0.05) is 5.69 Å². The first-order chi connectivity index (χ1) is 12.8. The Bertz CT molecular complexity index is 863. The number of imide groups is 1. The van der Waals surface area contributed by atoms with Gasteiger partial charge in [-0.15, -0.1) is 0 Å². The highest BCUT2D eigenvalue weighted by molar-refractivity contribution is 6.02. The molecular weight excluding hydrogens is 356 g/mol. The first-order valence-electron chi connectivity index (χ1n) is 7.75. The van der Waals surface area contributed by atoms with Crippen LogP contribution in [0, 0.1) is 6.92 Å². The van der Waals surface area contributed by atoms with Crippen molar-refractivity contribution in [2.45, 2.75) is 6.92 Å². The molecule has 0 aromatic heterocycles. The fraction of sp³-hybridized carbons (Fsp3) is 0.167. The predicted octanol–water partition coefficient (Wildman–Crippen LogP) is 1.92. The van der Waals surface area contributed by atoms with Gasteiger partial charge in [0.25, 0.3) is 5.91 Å². The zero-order valence-corrected chi connectivity index (χ0v) is 14.6. The van der Waals surface area contributed by atoms with Gasteiger partial charge in [-0.1, -0.05) is 6.07 Å². The lowest BCUT2D eigenvalue weighted by molar-refractivity contribution is -0.123. The molecule has 0 saturated heterocycles. The third-order valence-electron chi connectivity index (χ3n) is 3.51. The first kappa shape index (κ1) is 19.6. The van der Waals surface area contributed by atoms with Crippen molar-refractivity contribution in [1.82, 2.24) is 5.32 Å². The average molecular weight is 374 g/mol. The number of methoxy groups -OCH3 is 1. The van der Waals surface area contributed by atoms with Gasteiger partial charge >= 0.3 is 12.0 Å². The maximum absolute atomic E-state index is 11.9. The lowest BCUT2D eigenvalue weighted by Crippen LogP contribution is -2.37. The van der Waals surface area contributed by atoms with E-state index in [1.165, 1.54) is 19.2 Å². The zero-order valence-electron chi connectivity index (χ0n) is 14.6. The molecule has 3 amide bonds. The molecule has 2 aromatic carbocycles. The zero-order chi connectivity index (χ0) is 20.0. The van der Waals surface area contributed by atoms with Crippen LogP contribution in [0.15, 0.2) is 36.4 Å². The van der Waals surface area contributed by atoms with Gasteiger partial charge in [-0.3, -0.25) is 10.1 Å². The van der Waals surface area contributed by atoms with Gasteiger partial charge in [0.15, 0.2) is 18.1 Å². The van der Waals surface area contributed by atoms with Crippen LogP contribution < -0.4 is 15.4 Å². The van der Waals surface area contributed by atoms with E-state index in [1.807, 2.05) is 5.32 Å². The quantitative estimate of drug-likeness (QED) is 0.464. The number of hydrogen-bond donors (Lipinski definition) is 4. The van der Waals surface area contributed by atoms with Crippen molar-refractivity contribution in [2.75, 3.05) is 19.0 Å². The Labute approximate surface area is 154 Å². The van der Waals surface area contributed by atoms with Crippen LogP contribution in [0.2, 0.25) is 0 Å². The molecule has 0 aliphatic heterocycles. The Morgan fingerprint density at radius 2 is 1.67 bits per heavy atom. The molecule has 0 fully saturated rings. The minimum absolute atomic E-state index is 0.298. The van der Waals surface area contributed by atoms with Gasteiger partial charge in [-0.05, 0) is 42.8 Å². The number of hydrogen-bond acceptors (Lipinski definition) is 7. The summed E-state index contributed by atoms with van der Waals surface area (Å²) in [5.74, 6) is -2.38. The fourth-order valence-electron chi connectivity index (χ4n) is 2.05. The molecule has 0 radical (unpaired) electrons. The molecule has 0 atom stereocenters. The number of nitrogens with one attached hydrogen (secondary N) is 2. The molecule has 0 unspecified atom stereocenters. The Morgan fingerprint density at radius 1 is 1.00 bits per heavy atom. The normalized spacial score (nSPS) is 10.0. The van der Waals surface area contributed by atoms with Crippen LogP contribution in [0.5, 0.6) is 17.2 Å². The van der Waals surface area contributed by atoms with E-state index in [1.54, 1.807) is 31.2 Å². The predicted molar refractivity (Wildman–Crippen MR) is 94.9 cm³/mol. The molecular formula is C18H18N2O7. The van der Waals surface area contributed by atoms with E-state index < -0.39 is 36.0 Å². The molecule has 0 aliphatic rings. The second-order valence-corrected chi connectivity index (χ2v) is 5.43. The Hall–Kier alpha value is -3.75. The van der Waals surface area contributed by atoms with Crippen LogP contribution in [0.1, 0.15) is 15.9 Å². The first-order valence-corrected chi connectivity index (χ1v) is 7.75. The molecule has 9 nitrogen and oxygen atoms in total. The Morgan fingerprint density at radius 3 is 2.30 bits per heavy atom. The number of phenolic OH excluding ortho intramolecular Hbond substituents is 2. The highest BCUT2D eigenvalue weighted by atomic mass is 16.5. The number of rotatable bonds is 5. The third-order valence-corrected chi connectivity index (χ3v) is 3.51. The van der Waals surface area contributed by atoms with E-state index in [0.717, 1.165) is 0 Å². The molecule has 2 aromatic rings. The topological polar surface area (TPSA) is 134 Å². The fourth-order valence-corrected chi connectivity index (χ4v) is 2.05. The standard InChI is InChI=1S/C18H18N2O7/c1-10-3-8-13(16(23)15(10)22)17(24)27-9-14(21)20-18(25)19-11-4-6-12(26-2)7-5-11/h3-8,22-23H,9H2,1-2H3,(H2,19,20,21,25).